The number of hydrogen-bond acceptors (Lipinski definition) is 6. The van der Waals surface area contributed by atoms with Crippen molar-refractivity contribution in [1.29, 1.82) is 0 Å². The van der Waals surface area contributed by atoms with E-state index in [1.54, 1.807) is 24.3 Å². The average Bonchev–Trinajstić information content (AvgIpc) is 2.38. The SMILES string of the molecule is CNS(=O)(=O)CCNS(=O)(=O)CCOc1cccc(N)c1. The third-order valence-corrected chi connectivity index (χ3v) is 5.19. The molecule has 0 heterocycles. The number of nitrogens with two attached hydrogens (primary N) is 1. The molecule has 0 aliphatic carbocycles. The monoisotopic (exact) mass is 337 g/mol. The van der Waals surface area contributed by atoms with Gasteiger partial charge in [0.2, 0.25) is 20.0 Å². The van der Waals surface area contributed by atoms with Crippen LogP contribution in [-0.2, 0) is 20.0 Å². The summed E-state index contributed by atoms with van der Waals surface area (Å²) in [5.41, 5.74) is 6.08. The molecule has 0 radical (unpaired) electrons. The molecule has 8 nitrogen and oxygen atoms in total. The lowest BCUT2D eigenvalue weighted by Crippen LogP contribution is -2.35. The summed E-state index contributed by atoms with van der Waals surface area (Å²) in [6, 6.07) is 6.63. The summed E-state index contributed by atoms with van der Waals surface area (Å²) in [6.07, 6.45) is 0. The van der Waals surface area contributed by atoms with Crippen LogP contribution in [0, 0.1) is 0 Å². The van der Waals surface area contributed by atoms with Crippen molar-refractivity contribution in [2.75, 3.05) is 37.4 Å². The largest absolute Gasteiger partial charge is 0.492 e. The Morgan fingerprint density at radius 2 is 1.86 bits per heavy atom. The molecule has 0 aromatic heterocycles. The van der Waals surface area contributed by atoms with Gasteiger partial charge in [0.15, 0.2) is 0 Å². The molecule has 0 saturated heterocycles. The predicted molar refractivity (Wildman–Crippen MR) is 81.0 cm³/mol. The van der Waals surface area contributed by atoms with Gasteiger partial charge in [0.05, 0.1) is 11.5 Å². The summed E-state index contributed by atoms with van der Waals surface area (Å²) in [5.74, 6) is -0.122. The first-order valence-electron chi connectivity index (χ1n) is 6.11. The normalized spacial score (nSPS) is 12.2. The lowest BCUT2D eigenvalue weighted by Gasteiger charge is -2.09. The fraction of sp³-hybridized carbons (Fsp3) is 0.455. The van der Waals surface area contributed by atoms with Crippen molar-refractivity contribution in [2.24, 2.45) is 0 Å². The molecule has 0 bridgehead atoms. The van der Waals surface area contributed by atoms with E-state index in [9.17, 15) is 16.8 Å². The maximum atomic E-state index is 11.6. The Kier molecular flexibility index (Phi) is 6.40. The number of sulfonamides is 2. The smallest absolute Gasteiger partial charge is 0.214 e. The van der Waals surface area contributed by atoms with Gasteiger partial charge in [-0.3, -0.25) is 0 Å². The first kappa shape index (κ1) is 17.7. The van der Waals surface area contributed by atoms with Crippen LogP contribution in [0.25, 0.3) is 0 Å². The van der Waals surface area contributed by atoms with Gasteiger partial charge in [0, 0.05) is 18.3 Å². The summed E-state index contributed by atoms with van der Waals surface area (Å²) in [5, 5.41) is 0. The minimum absolute atomic E-state index is 0.0580. The molecule has 0 amide bonds. The summed E-state index contributed by atoms with van der Waals surface area (Å²) in [4.78, 5) is 0. The number of hydrogen-bond donors (Lipinski definition) is 3. The van der Waals surface area contributed by atoms with Crippen molar-refractivity contribution in [3.05, 3.63) is 24.3 Å². The Hall–Kier alpha value is -1.36. The van der Waals surface area contributed by atoms with Gasteiger partial charge in [-0.2, -0.15) is 0 Å². The number of rotatable bonds is 9. The highest BCUT2D eigenvalue weighted by Gasteiger charge is 2.13. The summed E-state index contributed by atoms with van der Waals surface area (Å²) >= 11 is 0. The first-order chi connectivity index (χ1) is 9.74. The van der Waals surface area contributed by atoms with E-state index in [-0.39, 0.29) is 24.7 Å². The van der Waals surface area contributed by atoms with Crippen molar-refractivity contribution in [3.8, 4) is 5.75 Å². The van der Waals surface area contributed by atoms with Gasteiger partial charge in [-0.1, -0.05) is 6.07 Å². The number of benzene rings is 1. The van der Waals surface area contributed by atoms with Crippen molar-refractivity contribution in [2.45, 2.75) is 0 Å². The van der Waals surface area contributed by atoms with E-state index in [0.29, 0.717) is 11.4 Å². The molecule has 0 spiro atoms. The van der Waals surface area contributed by atoms with E-state index in [1.807, 2.05) is 0 Å². The molecule has 1 aromatic rings. The third-order valence-electron chi connectivity index (χ3n) is 2.48. The third kappa shape index (κ3) is 7.27. The molecule has 4 N–H and O–H groups in total. The number of anilines is 1. The predicted octanol–water partition coefficient (Wildman–Crippen LogP) is -0.884. The Bertz CT molecular complexity index is 658. The minimum Gasteiger partial charge on any atom is -0.492 e. The van der Waals surface area contributed by atoms with Crippen molar-refractivity contribution in [3.63, 3.8) is 0 Å². The molecule has 1 rings (SSSR count). The quantitative estimate of drug-likeness (QED) is 0.502. The topological polar surface area (TPSA) is 128 Å². The minimum atomic E-state index is -3.59. The molecule has 0 unspecified atom stereocenters. The van der Waals surface area contributed by atoms with Gasteiger partial charge in [-0.05, 0) is 19.2 Å². The molecule has 1 aromatic carbocycles. The lowest BCUT2D eigenvalue weighted by molar-refractivity contribution is 0.340. The van der Waals surface area contributed by atoms with Crippen LogP contribution in [0.3, 0.4) is 0 Å². The highest BCUT2D eigenvalue weighted by Crippen LogP contribution is 2.14. The van der Waals surface area contributed by atoms with Gasteiger partial charge in [-0.15, -0.1) is 0 Å². The van der Waals surface area contributed by atoms with Crippen molar-refractivity contribution >= 4 is 25.7 Å². The Morgan fingerprint density at radius 3 is 2.48 bits per heavy atom. The van der Waals surface area contributed by atoms with Crippen LogP contribution in [-0.4, -0.2) is 48.5 Å². The van der Waals surface area contributed by atoms with Gasteiger partial charge in [0.25, 0.3) is 0 Å². The van der Waals surface area contributed by atoms with Crippen LogP contribution in [0.15, 0.2) is 24.3 Å². The summed E-state index contributed by atoms with van der Waals surface area (Å²) in [7, 11) is -5.76. The standard InChI is InChI=1S/C11H19N3O5S2/c1-13-20(15,16)7-5-14-21(17,18)8-6-19-11-4-2-3-10(12)9-11/h2-4,9,13-14H,5-8,12H2,1H3. The molecule has 21 heavy (non-hydrogen) atoms. The maximum absolute atomic E-state index is 11.6. The molecular formula is C11H19N3O5S2. The van der Waals surface area contributed by atoms with Gasteiger partial charge >= 0.3 is 0 Å². The molecule has 0 saturated carbocycles. The lowest BCUT2D eigenvalue weighted by atomic mass is 10.3. The zero-order valence-corrected chi connectivity index (χ0v) is 13.2. The van der Waals surface area contributed by atoms with E-state index in [4.69, 9.17) is 10.5 Å². The number of ether oxygens (including phenoxy) is 1. The van der Waals surface area contributed by atoms with E-state index in [0.717, 1.165) is 0 Å². The average molecular weight is 337 g/mol. The van der Waals surface area contributed by atoms with Crippen LogP contribution in [0.4, 0.5) is 5.69 Å². The van der Waals surface area contributed by atoms with Crippen molar-refractivity contribution < 1.29 is 21.6 Å². The van der Waals surface area contributed by atoms with E-state index in [2.05, 4.69) is 9.44 Å². The zero-order valence-electron chi connectivity index (χ0n) is 11.6. The van der Waals surface area contributed by atoms with Gasteiger partial charge < -0.3 is 10.5 Å². The Morgan fingerprint density at radius 1 is 1.14 bits per heavy atom. The van der Waals surface area contributed by atoms with E-state index >= 15 is 0 Å². The molecule has 120 valence electrons. The molecule has 0 aliphatic heterocycles. The second kappa shape index (κ2) is 7.59. The summed E-state index contributed by atoms with van der Waals surface area (Å²) in [6.45, 7) is -0.249. The fourth-order valence-electron chi connectivity index (χ4n) is 1.38. The number of nitrogen functional groups attached to an aromatic ring is 1. The van der Waals surface area contributed by atoms with Gasteiger partial charge in [0.1, 0.15) is 12.4 Å². The zero-order chi connectivity index (χ0) is 15.9. The first-order valence-corrected chi connectivity index (χ1v) is 9.41. The number of nitrogens with one attached hydrogen (secondary N) is 2. The second-order valence-corrected chi connectivity index (χ2v) is 8.13. The summed E-state index contributed by atoms with van der Waals surface area (Å²) < 4.78 is 55.1. The van der Waals surface area contributed by atoms with E-state index in [1.165, 1.54) is 7.05 Å². The molecular weight excluding hydrogens is 318 g/mol. The van der Waals surface area contributed by atoms with E-state index < -0.39 is 20.0 Å². The Labute approximate surface area is 124 Å². The molecule has 10 heteroatoms. The van der Waals surface area contributed by atoms with Crippen molar-refractivity contribution in [1.82, 2.24) is 9.44 Å². The maximum Gasteiger partial charge on any atom is 0.214 e. The van der Waals surface area contributed by atoms with Gasteiger partial charge in [-0.25, -0.2) is 26.3 Å². The highest BCUT2D eigenvalue weighted by atomic mass is 32.2. The highest BCUT2D eigenvalue weighted by molar-refractivity contribution is 7.90. The van der Waals surface area contributed by atoms with Crippen LogP contribution < -0.4 is 19.9 Å². The van der Waals surface area contributed by atoms with Crippen LogP contribution >= 0.6 is 0 Å². The molecule has 0 aliphatic rings. The second-order valence-electron chi connectivity index (χ2n) is 4.16. The Balaban J connectivity index is 2.36. The molecule has 0 atom stereocenters. The van der Waals surface area contributed by atoms with Crippen LogP contribution in [0.1, 0.15) is 0 Å². The van der Waals surface area contributed by atoms with Crippen LogP contribution in [0.2, 0.25) is 0 Å². The fourth-order valence-corrected chi connectivity index (χ4v) is 2.94. The van der Waals surface area contributed by atoms with Crippen LogP contribution in [0.5, 0.6) is 5.75 Å². The molecule has 0 fully saturated rings.